The average Bonchev–Trinajstić information content (AvgIpc) is 2.38. The molecule has 0 unspecified atom stereocenters. The molecular formula is C12H10BrN3O2. The van der Waals surface area contributed by atoms with Crippen LogP contribution in [0.4, 0.5) is 11.5 Å². The Morgan fingerprint density at radius 2 is 1.94 bits per heavy atom. The Bertz CT molecular complexity index is 540. The van der Waals surface area contributed by atoms with Crippen molar-refractivity contribution in [3.05, 3.63) is 62.7 Å². The second-order valence-corrected chi connectivity index (χ2v) is 4.55. The van der Waals surface area contributed by atoms with Crippen LogP contribution in [0.1, 0.15) is 5.56 Å². The highest BCUT2D eigenvalue weighted by molar-refractivity contribution is 9.10. The highest BCUT2D eigenvalue weighted by atomic mass is 79.9. The fourth-order valence-electron chi connectivity index (χ4n) is 1.41. The zero-order valence-electron chi connectivity index (χ0n) is 9.34. The van der Waals surface area contributed by atoms with Crippen molar-refractivity contribution >= 4 is 27.4 Å². The maximum absolute atomic E-state index is 10.5. The Balaban J connectivity index is 1.97. The van der Waals surface area contributed by atoms with E-state index in [1.807, 2.05) is 12.1 Å². The predicted octanol–water partition coefficient (Wildman–Crippen LogP) is 3.36. The molecule has 0 radical (unpaired) electrons. The van der Waals surface area contributed by atoms with Gasteiger partial charge >= 0.3 is 0 Å². The van der Waals surface area contributed by atoms with Crippen molar-refractivity contribution in [2.24, 2.45) is 0 Å². The van der Waals surface area contributed by atoms with Gasteiger partial charge in [0.15, 0.2) is 0 Å². The van der Waals surface area contributed by atoms with Gasteiger partial charge in [-0.2, -0.15) is 0 Å². The van der Waals surface area contributed by atoms with Gasteiger partial charge in [0.25, 0.3) is 5.69 Å². The molecule has 0 saturated carbocycles. The number of nitro benzene ring substituents is 1. The molecule has 0 atom stereocenters. The number of anilines is 1. The summed E-state index contributed by atoms with van der Waals surface area (Å²) >= 11 is 3.31. The molecule has 1 aromatic heterocycles. The van der Waals surface area contributed by atoms with Crippen molar-refractivity contribution in [1.29, 1.82) is 0 Å². The summed E-state index contributed by atoms with van der Waals surface area (Å²) in [5.41, 5.74) is 1.06. The number of non-ortho nitro benzene ring substituents is 1. The van der Waals surface area contributed by atoms with Crippen LogP contribution in [0.15, 0.2) is 47.1 Å². The summed E-state index contributed by atoms with van der Waals surface area (Å²) in [6.07, 6.45) is 1.71. The van der Waals surface area contributed by atoms with E-state index in [9.17, 15) is 10.1 Å². The number of benzene rings is 1. The first kappa shape index (κ1) is 12.5. The van der Waals surface area contributed by atoms with Gasteiger partial charge in [0, 0.05) is 29.3 Å². The Morgan fingerprint density at radius 1 is 1.22 bits per heavy atom. The molecule has 2 aromatic rings. The van der Waals surface area contributed by atoms with E-state index in [1.165, 1.54) is 12.1 Å². The number of rotatable bonds is 4. The van der Waals surface area contributed by atoms with Crippen molar-refractivity contribution in [2.45, 2.75) is 6.54 Å². The minimum atomic E-state index is -0.409. The molecule has 0 aliphatic heterocycles. The van der Waals surface area contributed by atoms with Gasteiger partial charge in [0.05, 0.1) is 4.92 Å². The van der Waals surface area contributed by atoms with Gasteiger partial charge < -0.3 is 5.32 Å². The van der Waals surface area contributed by atoms with E-state index in [0.717, 1.165) is 15.9 Å². The molecule has 18 heavy (non-hydrogen) atoms. The standard InChI is InChI=1S/C12H10BrN3O2/c13-10-3-6-12(15-8-10)14-7-9-1-4-11(5-2-9)16(17)18/h1-6,8H,7H2,(H,14,15). The molecular weight excluding hydrogens is 298 g/mol. The summed E-state index contributed by atoms with van der Waals surface area (Å²) in [5, 5.41) is 13.6. The lowest BCUT2D eigenvalue weighted by Crippen LogP contribution is -2.01. The van der Waals surface area contributed by atoms with Gasteiger partial charge in [0.1, 0.15) is 5.82 Å². The van der Waals surface area contributed by atoms with Crippen LogP contribution in [0.3, 0.4) is 0 Å². The lowest BCUT2D eigenvalue weighted by Gasteiger charge is -2.05. The van der Waals surface area contributed by atoms with E-state index >= 15 is 0 Å². The van der Waals surface area contributed by atoms with E-state index in [0.29, 0.717) is 6.54 Å². The zero-order chi connectivity index (χ0) is 13.0. The Hall–Kier alpha value is -1.95. The third kappa shape index (κ3) is 3.27. The molecule has 0 bridgehead atoms. The van der Waals surface area contributed by atoms with Crippen LogP contribution in [-0.2, 0) is 6.54 Å². The molecule has 0 fully saturated rings. The quantitative estimate of drug-likeness (QED) is 0.694. The normalized spacial score (nSPS) is 10.1. The molecule has 0 aliphatic carbocycles. The van der Waals surface area contributed by atoms with Crippen molar-refractivity contribution in [3.8, 4) is 0 Å². The van der Waals surface area contributed by atoms with Crippen LogP contribution in [0.2, 0.25) is 0 Å². The summed E-state index contributed by atoms with van der Waals surface area (Å²) in [5.74, 6) is 0.761. The van der Waals surface area contributed by atoms with Crippen LogP contribution >= 0.6 is 15.9 Å². The summed E-state index contributed by atoms with van der Waals surface area (Å²) in [6.45, 7) is 0.576. The predicted molar refractivity (Wildman–Crippen MR) is 72.4 cm³/mol. The van der Waals surface area contributed by atoms with Crippen molar-refractivity contribution < 1.29 is 4.92 Å². The first-order valence-corrected chi connectivity index (χ1v) is 6.03. The molecule has 1 N–H and O–H groups in total. The van der Waals surface area contributed by atoms with E-state index in [-0.39, 0.29) is 5.69 Å². The van der Waals surface area contributed by atoms with Crippen LogP contribution in [0.5, 0.6) is 0 Å². The molecule has 0 spiro atoms. The lowest BCUT2D eigenvalue weighted by atomic mass is 10.2. The van der Waals surface area contributed by atoms with Gasteiger partial charge in [-0.05, 0) is 33.6 Å². The smallest absolute Gasteiger partial charge is 0.269 e. The molecule has 1 heterocycles. The largest absolute Gasteiger partial charge is 0.366 e. The molecule has 0 saturated heterocycles. The highest BCUT2D eigenvalue weighted by Gasteiger charge is 2.03. The third-order valence-corrected chi connectivity index (χ3v) is 2.82. The number of nitrogens with zero attached hydrogens (tertiary/aromatic N) is 2. The Kier molecular flexibility index (Phi) is 3.88. The van der Waals surface area contributed by atoms with Crippen LogP contribution in [0.25, 0.3) is 0 Å². The summed E-state index contributed by atoms with van der Waals surface area (Å²) < 4.78 is 0.920. The maximum Gasteiger partial charge on any atom is 0.269 e. The monoisotopic (exact) mass is 307 g/mol. The molecule has 5 nitrogen and oxygen atoms in total. The number of nitrogens with one attached hydrogen (secondary N) is 1. The van der Waals surface area contributed by atoms with Crippen LogP contribution < -0.4 is 5.32 Å². The van der Waals surface area contributed by atoms with Gasteiger partial charge in [0.2, 0.25) is 0 Å². The number of halogens is 1. The zero-order valence-corrected chi connectivity index (χ0v) is 10.9. The van der Waals surface area contributed by atoms with Crippen molar-refractivity contribution in [1.82, 2.24) is 4.98 Å². The first-order valence-electron chi connectivity index (χ1n) is 5.24. The number of pyridine rings is 1. The first-order chi connectivity index (χ1) is 8.65. The lowest BCUT2D eigenvalue weighted by molar-refractivity contribution is -0.384. The van der Waals surface area contributed by atoms with E-state index in [4.69, 9.17) is 0 Å². The van der Waals surface area contributed by atoms with E-state index in [1.54, 1.807) is 18.3 Å². The van der Waals surface area contributed by atoms with Crippen LogP contribution in [0, 0.1) is 10.1 Å². The molecule has 0 aliphatic rings. The van der Waals surface area contributed by atoms with E-state index in [2.05, 4.69) is 26.2 Å². The van der Waals surface area contributed by atoms with Gasteiger partial charge in [-0.15, -0.1) is 0 Å². The minimum absolute atomic E-state index is 0.0977. The minimum Gasteiger partial charge on any atom is -0.366 e. The number of aromatic nitrogens is 1. The second kappa shape index (κ2) is 5.59. The van der Waals surface area contributed by atoms with Gasteiger partial charge in [-0.3, -0.25) is 10.1 Å². The fourth-order valence-corrected chi connectivity index (χ4v) is 1.64. The second-order valence-electron chi connectivity index (χ2n) is 3.64. The van der Waals surface area contributed by atoms with Crippen LogP contribution in [-0.4, -0.2) is 9.91 Å². The molecule has 6 heteroatoms. The highest BCUT2D eigenvalue weighted by Crippen LogP contribution is 2.14. The maximum atomic E-state index is 10.5. The Labute approximate surface area is 112 Å². The summed E-state index contributed by atoms with van der Waals surface area (Å²) in [6, 6.07) is 10.2. The molecule has 1 aromatic carbocycles. The van der Waals surface area contributed by atoms with Gasteiger partial charge in [-0.25, -0.2) is 4.98 Å². The molecule has 2 rings (SSSR count). The topological polar surface area (TPSA) is 68.1 Å². The van der Waals surface area contributed by atoms with E-state index < -0.39 is 4.92 Å². The molecule has 92 valence electrons. The number of hydrogen-bond donors (Lipinski definition) is 1. The SMILES string of the molecule is O=[N+]([O-])c1ccc(CNc2ccc(Br)cn2)cc1. The van der Waals surface area contributed by atoms with Crippen molar-refractivity contribution in [3.63, 3.8) is 0 Å². The Morgan fingerprint density at radius 3 is 2.50 bits per heavy atom. The number of nitro groups is 1. The third-order valence-electron chi connectivity index (χ3n) is 2.35. The fraction of sp³-hybridized carbons (Fsp3) is 0.0833. The summed E-state index contributed by atoms with van der Waals surface area (Å²) in [7, 11) is 0. The summed E-state index contributed by atoms with van der Waals surface area (Å²) in [4.78, 5) is 14.3. The van der Waals surface area contributed by atoms with Gasteiger partial charge in [-0.1, -0.05) is 12.1 Å². The average molecular weight is 308 g/mol. The molecule has 0 amide bonds. The number of hydrogen-bond acceptors (Lipinski definition) is 4. The van der Waals surface area contributed by atoms with Crippen molar-refractivity contribution in [2.75, 3.05) is 5.32 Å².